The number of aryl methyl sites for hydroxylation is 2. The normalized spacial score (nSPS) is 14.3. The van der Waals surface area contributed by atoms with Gasteiger partial charge in [0.2, 0.25) is 0 Å². The predicted octanol–water partition coefficient (Wildman–Crippen LogP) is 4.00. The van der Waals surface area contributed by atoms with Gasteiger partial charge in [0.1, 0.15) is 0 Å². The summed E-state index contributed by atoms with van der Waals surface area (Å²) >= 11 is 7.95. The molecule has 0 aliphatic carbocycles. The van der Waals surface area contributed by atoms with Crippen molar-refractivity contribution in [3.63, 3.8) is 0 Å². The summed E-state index contributed by atoms with van der Waals surface area (Å²) in [6, 6.07) is 5.93. The number of carbonyl (C=O) groups is 1. The standard InChI is InChI=1S/C20H21ClN4OS/c21-16-12-24-25-6-2-4-18-15(20(16)25)9-19(27-18)17(26)8-14(10-22)7-13-3-1-5-23-11-13/h1,3,5,9,11-12,14H,2,4,6-8,10,22H2. The van der Waals surface area contributed by atoms with Crippen LogP contribution in [-0.2, 0) is 19.4 Å². The summed E-state index contributed by atoms with van der Waals surface area (Å²) < 4.78 is 1.94. The third-order valence-electron chi connectivity index (χ3n) is 4.96. The maximum atomic E-state index is 12.9. The van der Waals surface area contributed by atoms with E-state index in [0.717, 1.165) is 47.5 Å². The van der Waals surface area contributed by atoms with E-state index in [1.807, 2.05) is 29.1 Å². The van der Waals surface area contributed by atoms with Crippen molar-refractivity contribution in [1.29, 1.82) is 0 Å². The molecule has 1 aliphatic rings. The van der Waals surface area contributed by atoms with Gasteiger partial charge in [0.25, 0.3) is 0 Å². The topological polar surface area (TPSA) is 73.8 Å². The van der Waals surface area contributed by atoms with Crippen molar-refractivity contribution in [3.05, 3.63) is 57.1 Å². The zero-order chi connectivity index (χ0) is 18.8. The molecule has 0 spiro atoms. The molecule has 3 aromatic rings. The maximum Gasteiger partial charge on any atom is 0.173 e. The molecular weight excluding hydrogens is 380 g/mol. The SMILES string of the molecule is NCC(CC(=O)c1cc2c(s1)CCCn1ncc(Cl)c1-2)Cc1cccnc1. The molecule has 5 nitrogen and oxygen atoms in total. The number of fused-ring (bicyclic) bond motifs is 3. The molecule has 7 heteroatoms. The zero-order valence-electron chi connectivity index (χ0n) is 14.9. The van der Waals surface area contributed by atoms with E-state index in [1.165, 1.54) is 4.88 Å². The molecule has 4 rings (SSSR count). The molecule has 1 unspecified atom stereocenters. The highest BCUT2D eigenvalue weighted by Gasteiger charge is 2.24. The molecular formula is C20H21ClN4OS. The van der Waals surface area contributed by atoms with Crippen LogP contribution < -0.4 is 5.73 Å². The molecule has 0 amide bonds. The molecule has 0 saturated carbocycles. The number of nitrogens with zero attached hydrogens (tertiary/aromatic N) is 3. The molecule has 4 heterocycles. The van der Waals surface area contributed by atoms with Crippen LogP contribution in [0.4, 0.5) is 0 Å². The number of carbonyl (C=O) groups excluding carboxylic acids is 1. The molecule has 0 bridgehead atoms. The minimum Gasteiger partial charge on any atom is -0.330 e. The van der Waals surface area contributed by atoms with Gasteiger partial charge in [-0.25, -0.2) is 0 Å². The average molecular weight is 401 g/mol. The molecule has 1 aliphatic heterocycles. The number of aromatic nitrogens is 3. The molecule has 0 radical (unpaired) electrons. The zero-order valence-corrected chi connectivity index (χ0v) is 16.5. The van der Waals surface area contributed by atoms with Gasteiger partial charge in [0.05, 0.1) is 21.8 Å². The smallest absolute Gasteiger partial charge is 0.173 e. The van der Waals surface area contributed by atoms with E-state index in [2.05, 4.69) is 10.1 Å². The van der Waals surface area contributed by atoms with Gasteiger partial charge in [-0.3, -0.25) is 14.5 Å². The van der Waals surface area contributed by atoms with Crippen LogP contribution in [0.3, 0.4) is 0 Å². The van der Waals surface area contributed by atoms with Crippen molar-refractivity contribution in [2.24, 2.45) is 11.7 Å². The van der Waals surface area contributed by atoms with Gasteiger partial charge in [-0.2, -0.15) is 5.10 Å². The minimum absolute atomic E-state index is 0.109. The van der Waals surface area contributed by atoms with Crippen LogP contribution >= 0.6 is 22.9 Å². The summed E-state index contributed by atoms with van der Waals surface area (Å²) in [6.07, 6.45) is 8.42. The number of Topliss-reactive ketones (excluding diaryl/α,β-unsaturated/α-hetero) is 1. The molecule has 140 valence electrons. The van der Waals surface area contributed by atoms with Crippen LogP contribution in [-0.4, -0.2) is 27.1 Å². The number of thiophene rings is 1. The molecule has 2 N–H and O–H groups in total. The van der Waals surface area contributed by atoms with Gasteiger partial charge in [0, 0.05) is 35.8 Å². The Kier molecular flexibility index (Phi) is 5.38. The Labute approximate surface area is 167 Å². The second-order valence-electron chi connectivity index (χ2n) is 6.91. The molecule has 0 fully saturated rings. The Morgan fingerprint density at radius 1 is 1.41 bits per heavy atom. The van der Waals surface area contributed by atoms with E-state index in [-0.39, 0.29) is 11.7 Å². The van der Waals surface area contributed by atoms with Crippen molar-refractivity contribution >= 4 is 28.7 Å². The first kappa shape index (κ1) is 18.3. The summed E-state index contributed by atoms with van der Waals surface area (Å²) in [5.41, 5.74) is 9.04. The first-order valence-electron chi connectivity index (χ1n) is 9.12. The van der Waals surface area contributed by atoms with Crippen LogP contribution in [0.2, 0.25) is 5.02 Å². The van der Waals surface area contributed by atoms with Crippen molar-refractivity contribution in [1.82, 2.24) is 14.8 Å². The first-order valence-corrected chi connectivity index (χ1v) is 10.3. The van der Waals surface area contributed by atoms with Crippen molar-refractivity contribution in [2.45, 2.75) is 32.2 Å². The van der Waals surface area contributed by atoms with Crippen LogP contribution in [0.25, 0.3) is 11.3 Å². The van der Waals surface area contributed by atoms with E-state index < -0.39 is 0 Å². The number of rotatable bonds is 6. The second-order valence-corrected chi connectivity index (χ2v) is 8.45. The summed E-state index contributed by atoms with van der Waals surface area (Å²) in [5, 5.41) is 5.00. The number of nitrogens with two attached hydrogens (primary N) is 1. The van der Waals surface area contributed by atoms with Gasteiger partial charge < -0.3 is 5.73 Å². The Hall–Kier alpha value is -2.02. The third-order valence-corrected chi connectivity index (χ3v) is 6.47. The molecule has 3 aromatic heterocycles. The van der Waals surface area contributed by atoms with E-state index >= 15 is 0 Å². The van der Waals surface area contributed by atoms with E-state index in [0.29, 0.717) is 18.0 Å². The Balaban J connectivity index is 1.55. The average Bonchev–Trinajstić information content (AvgIpc) is 3.21. The fraction of sp³-hybridized carbons (Fsp3) is 0.350. The number of pyridine rings is 1. The van der Waals surface area contributed by atoms with Crippen LogP contribution in [0, 0.1) is 5.92 Å². The van der Waals surface area contributed by atoms with Crippen molar-refractivity contribution in [3.8, 4) is 11.3 Å². The van der Waals surface area contributed by atoms with E-state index in [1.54, 1.807) is 23.7 Å². The van der Waals surface area contributed by atoms with Gasteiger partial charge in [-0.1, -0.05) is 17.7 Å². The monoisotopic (exact) mass is 400 g/mol. The van der Waals surface area contributed by atoms with E-state index in [9.17, 15) is 4.79 Å². The lowest BCUT2D eigenvalue weighted by Gasteiger charge is -2.13. The Morgan fingerprint density at radius 2 is 2.30 bits per heavy atom. The third kappa shape index (κ3) is 3.83. The largest absolute Gasteiger partial charge is 0.330 e. The lowest BCUT2D eigenvalue weighted by Crippen LogP contribution is -2.20. The molecule has 1 atom stereocenters. The van der Waals surface area contributed by atoms with Crippen LogP contribution in [0.5, 0.6) is 0 Å². The highest BCUT2D eigenvalue weighted by atomic mass is 35.5. The van der Waals surface area contributed by atoms with E-state index in [4.69, 9.17) is 17.3 Å². The maximum absolute atomic E-state index is 12.9. The number of halogens is 1. The minimum atomic E-state index is 0.109. The Morgan fingerprint density at radius 3 is 3.07 bits per heavy atom. The first-order chi connectivity index (χ1) is 13.2. The van der Waals surface area contributed by atoms with Gasteiger partial charge in [-0.05, 0) is 49.4 Å². The molecule has 0 aromatic carbocycles. The summed E-state index contributed by atoms with van der Waals surface area (Å²) in [7, 11) is 0. The van der Waals surface area contributed by atoms with Crippen molar-refractivity contribution < 1.29 is 4.79 Å². The Bertz CT molecular complexity index is 950. The van der Waals surface area contributed by atoms with Gasteiger partial charge in [0.15, 0.2) is 5.78 Å². The quantitative estimate of drug-likeness (QED) is 0.634. The lowest BCUT2D eigenvalue weighted by atomic mass is 9.94. The predicted molar refractivity (Wildman–Crippen MR) is 108 cm³/mol. The van der Waals surface area contributed by atoms with Crippen molar-refractivity contribution in [2.75, 3.05) is 6.54 Å². The lowest BCUT2D eigenvalue weighted by molar-refractivity contribution is 0.0966. The second kappa shape index (κ2) is 7.92. The number of ketones is 1. The highest BCUT2D eigenvalue weighted by Crippen LogP contribution is 2.39. The summed E-state index contributed by atoms with van der Waals surface area (Å²) in [4.78, 5) is 19.1. The highest BCUT2D eigenvalue weighted by molar-refractivity contribution is 7.14. The summed E-state index contributed by atoms with van der Waals surface area (Å²) in [6.45, 7) is 1.33. The fourth-order valence-corrected chi connectivity index (χ4v) is 4.99. The van der Waals surface area contributed by atoms with Crippen LogP contribution in [0.15, 0.2) is 36.8 Å². The van der Waals surface area contributed by atoms with Gasteiger partial charge in [-0.15, -0.1) is 11.3 Å². The van der Waals surface area contributed by atoms with Gasteiger partial charge >= 0.3 is 0 Å². The summed E-state index contributed by atoms with van der Waals surface area (Å²) in [5.74, 6) is 0.257. The molecule has 27 heavy (non-hydrogen) atoms. The molecule has 0 saturated heterocycles. The fourth-order valence-electron chi connectivity index (χ4n) is 3.60. The number of hydrogen-bond donors (Lipinski definition) is 1. The van der Waals surface area contributed by atoms with Crippen LogP contribution in [0.1, 0.15) is 33.0 Å². The number of hydrogen-bond acceptors (Lipinski definition) is 5.